The molecule has 0 saturated heterocycles. The average molecular weight is 496 g/mol. The van der Waals surface area contributed by atoms with Gasteiger partial charge in [-0.25, -0.2) is 0 Å². The van der Waals surface area contributed by atoms with Crippen molar-refractivity contribution < 1.29 is 9.59 Å². The Labute approximate surface area is 206 Å². The molecular weight excluding hydrogens is 463 g/mol. The number of nitrogens with one attached hydrogen (secondary N) is 1. The summed E-state index contributed by atoms with van der Waals surface area (Å²) in [5.41, 5.74) is 1.90. The van der Waals surface area contributed by atoms with Crippen LogP contribution in [0.15, 0.2) is 48.5 Å². The SMILES string of the molecule is CCCCNC(=O)[C@H](CC)N(Cc1c(Cl)cccc1Cl)C(=O)CCSCc1ccccc1. The fourth-order valence-electron chi connectivity index (χ4n) is 3.35. The molecule has 7 heteroatoms. The van der Waals surface area contributed by atoms with Gasteiger partial charge in [-0.05, 0) is 30.5 Å². The highest BCUT2D eigenvalue weighted by atomic mass is 35.5. The predicted molar refractivity (Wildman–Crippen MR) is 136 cm³/mol. The number of carbonyl (C=O) groups is 2. The quantitative estimate of drug-likeness (QED) is 0.330. The lowest BCUT2D eigenvalue weighted by Crippen LogP contribution is -2.49. The van der Waals surface area contributed by atoms with E-state index in [4.69, 9.17) is 23.2 Å². The van der Waals surface area contributed by atoms with E-state index in [0.29, 0.717) is 40.7 Å². The molecule has 1 atom stereocenters. The zero-order valence-electron chi connectivity index (χ0n) is 18.8. The van der Waals surface area contributed by atoms with E-state index >= 15 is 0 Å². The average Bonchev–Trinajstić information content (AvgIpc) is 2.79. The normalized spacial score (nSPS) is 11.8. The fraction of sp³-hybridized carbons (Fsp3) is 0.440. The van der Waals surface area contributed by atoms with Crippen LogP contribution in [0, 0.1) is 0 Å². The smallest absolute Gasteiger partial charge is 0.242 e. The van der Waals surface area contributed by atoms with Gasteiger partial charge >= 0.3 is 0 Å². The maximum atomic E-state index is 13.3. The number of hydrogen-bond acceptors (Lipinski definition) is 3. The Balaban J connectivity index is 2.10. The van der Waals surface area contributed by atoms with Crippen LogP contribution in [-0.4, -0.2) is 35.1 Å². The number of halogens is 2. The minimum Gasteiger partial charge on any atom is -0.354 e. The van der Waals surface area contributed by atoms with Gasteiger partial charge in [-0.1, -0.05) is 79.9 Å². The number of carbonyl (C=O) groups excluding carboxylic acids is 2. The molecule has 4 nitrogen and oxygen atoms in total. The maximum Gasteiger partial charge on any atom is 0.242 e. The van der Waals surface area contributed by atoms with Crippen LogP contribution in [-0.2, 0) is 21.9 Å². The van der Waals surface area contributed by atoms with Crippen LogP contribution in [0.25, 0.3) is 0 Å². The van der Waals surface area contributed by atoms with Crippen molar-refractivity contribution in [1.82, 2.24) is 10.2 Å². The Hall–Kier alpha value is -1.69. The highest BCUT2D eigenvalue weighted by Crippen LogP contribution is 2.27. The molecule has 0 aromatic heterocycles. The molecule has 0 bridgehead atoms. The molecule has 0 radical (unpaired) electrons. The molecule has 2 aromatic carbocycles. The second-order valence-corrected chi connectivity index (χ2v) is 9.50. The molecule has 174 valence electrons. The first kappa shape index (κ1) is 26.6. The topological polar surface area (TPSA) is 49.4 Å². The van der Waals surface area contributed by atoms with Crippen LogP contribution < -0.4 is 5.32 Å². The van der Waals surface area contributed by atoms with Gasteiger partial charge in [-0.15, -0.1) is 0 Å². The van der Waals surface area contributed by atoms with E-state index in [0.717, 1.165) is 18.6 Å². The van der Waals surface area contributed by atoms with E-state index in [2.05, 4.69) is 24.4 Å². The Bertz CT molecular complexity index is 844. The summed E-state index contributed by atoms with van der Waals surface area (Å²) in [7, 11) is 0. The van der Waals surface area contributed by atoms with Crippen molar-refractivity contribution in [2.45, 2.75) is 57.9 Å². The first-order valence-electron chi connectivity index (χ1n) is 11.1. The minimum atomic E-state index is -0.564. The summed E-state index contributed by atoms with van der Waals surface area (Å²) >= 11 is 14.5. The summed E-state index contributed by atoms with van der Waals surface area (Å²) in [5.74, 6) is 1.32. The van der Waals surface area contributed by atoms with Gasteiger partial charge in [0.1, 0.15) is 6.04 Å². The molecule has 0 spiro atoms. The van der Waals surface area contributed by atoms with Gasteiger partial charge in [0.05, 0.1) is 0 Å². The molecule has 0 aliphatic carbocycles. The van der Waals surface area contributed by atoms with Gasteiger partial charge in [0, 0.05) is 46.6 Å². The van der Waals surface area contributed by atoms with Crippen LogP contribution in [0.4, 0.5) is 0 Å². The number of nitrogens with zero attached hydrogens (tertiary/aromatic N) is 1. The van der Waals surface area contributed by atoms with Crippen LogP contribution in [0.5, 0.6) is 0 Å². The van der Waals surface area contributed by atoms with E-state index in [1.54, 1.807) is 34.9 Å². The predicted octanol–water partition coefficient (Wildman–Crippen LogP) is 6.34. The second kappa shape index (κ2) is 14.5. The molecule has 0 unspecified atom stereocenters. The van der Waals surface area contributed by atoms with Gasteiger partial charge in [0.2, 0.25) is 11.8 Å². The Morgan fingerprint density at radius 2 is 1.72 bits per heavy atom. The van der Waals surface area contributed by atoms with Crippen molar-refractivity contribution in [2.75, 3.05) is 12.3 Å². The van der Waals surface area contributed by atoms with E-state index in [1.165, 1.54) is 5.56 Å². The van der Waals surface area contributed by atoms with Gasteiger partial charge in [0.25, 0.3) is 0 Å². The second-order valence-electron chi connectivity index (χ2n) is 7.58. The minimum absolute atomic E-state index is 0.0703. The molecule has 0 aliphatic rings. The van der Waals surface area contributed by atoms with Crippen LogP contribution in [0.2, 0.25) is 10.0 Å². The third kappa shape index (κ3) is 8.34. The molecule has 2 amide bonds. The van der Waals surface area contributed by atoms with Gasteiger partial charge in [0.15, 0.2) is 0 Å². The van der Waals surface area contributed by atoms with Crippen molar-refractivity contribution >= 4 is 46.8 Å². The van der Waals surface area contributed by atoms with Crippen molar-refractivity contribution in [3.05, 3.63) is 69.7 Å². The van der Waals surface area contributed by atoms with Crippen LogP contribution in [0.1, 0.15) is 50.7 Å². The largest absolute Gasteiger partial charge is 0.354 e. The summed E-state index contributed by atoms with van der Waals surface area (Å²) < 4.78 is 0. The van der Waals surface area contributed by atoms with Crippen LogP contribution in [0.3, 0.4) is 0 Å². The summed E-state index contributed by atoms with van der Waals surface area (Å²) in [5, 5.41) is 3.96. The zero-order chi connectivity index (χ0) is 23.3. The molecule has 32 heavy (non-hydrogen) atoms. The standard InChI is InChI=1S/C25H32Cl2N2O2S/c1-3-5-15-28-25(31)23(4-2)29(17-20-21(26)12-9-13-22(20)27)24(30)14-16-32-18-19-10-7-6-8-11-19/h6-13,23H,3-5,14-18H2,1-2H3,(H,28,31)/t23-/m0/s1. The van der Waals surface area contributed by atoms with E-state index < -0.39 is 6.04 Å². The maximum absolute atomic E-state index is 13.3. The third-order valence-electron chi connectivity index (χ3n) is 5.18. The molecule has 1 N–H and O–H groups in total. The van der Waals surface area contributed by atoms with Crippen molar-refractivity contribution in [3.63, 3.8) is 0 Å². The zero-order valence-corrected chi connectivity index (χ0v) is 21.1. The van der Waals surface area contributed by atoms with E-state index in [1.807, 2.05) is 25.1 Å². The third-order valence-corrected chi connectivity index (χ3v) is 6.92. The lowest BCUT2D eigenvalue weighted by molar-refractivity contribution is -0.141. The first-order valence-corrected chi connectivity index (χ1v) is 13.0. The van der Waals surface area contributed by atoms with Gasteiger partial charge < -0.3 is 10.2 Å². The molecule has 0 heterocycles. The number of hydrogen-bond donors (Lipinski definition) is 1. The summed E-state index contributed by atoms with van der Waals surface area (Å²) in [6.07, 6.45) is 2.76. The van der Waals surface area contributed by atoms with Crippen molar-refractivity contribution in [2.24, 2.45) is 0 Å². The molecule has 2 rings (SSSR count). The highest BCUT2D eigenvalue weighted by Gasteiger charge is 2.29. The number of rotatable bonds is 13. The Kier molecular flexibility index (Phi) is 12.0. The van der Waals surface area contributed by atoms with E-state index in [-0.39, 0.29) is 18.4 Å². The summed E-state index contributed by atoms with van der Waals surface area (Å²) in [6.45, 7) is 4.81. The molecule has 0 saturated carbocycles. The molecule has 2 aromatic rings. The number of unbranched alkanes of at least 4 members (excludes halogenated alkanes) is 1. The number of amides is 2. The monoisotopic (exact) mass is 494 g/mol. The molecule has 0 aliphatic heterocycles. The molecule has 0 fully saturated rings. The first-order chi connectivity index (χ1) is 15.5. The van der Waals surface area contributed by atoms with Gasteiger partial charge in [-0.2, -0.15) is 11.8 Å². The lowest BCUT2D eigenvalue weighted by atomic mass is 10.1. The van der Waals surface area contributed by atoms with Crippen molar-refractivity contribution in [1.29, 1.82) is 0 Å². The number of benzene rings is 2. The lowest BCUT2D eigenvalue weighted by Gasteiger charge is -2.31. The molecular formula is C25H32Cl2N2O2S. The summed E-state index contributed by atoms with van der Waals surface area (Å²) in [4.78, 5) is 27.8. The Morgan fingerprint density at radius 3 is 2.34 bits per heavy atom. The van der Waals surface area contributed by atoms with Crippen LogP contribution >= 0.6 is 35.0 Å². The van der Waals surface area contributed by atoms with Gasteiger partial charge in [-0.3, -0.25) is 9.59 Å². The Morgan fingerprint density at radius 1 is 1.03 bits per heavy atom. The van der Waals surface area contributed by atoms with E-state index in [9.17, 15) is 9.59 Å². The van der Waals surface area contributed by atoms with Crippen molar-refractivity contribution in [3.8, 4) is 0 Å². The fourth-order valence-corrected chi connectivity index (χ4v) is 4.76. The highest BCUT2D eigenvalue weighted by molar-refractivity contribution is 7.98. The summed E-state index contributed by atoms with van der Waals surface area (Å²) in [6, 6.07) is 14.9. The number of thioether (sulfide) groups is 1.